The number of aromatic nitrogens is 3. The van der Waals surface area contributed by atoms with Gasteiger partial charge in [-0.1, -0.05) is 12.1 Å². The molecule has 1 atom stereocenters. The highest BCUT2D eigenvalue weighted by molar-refractivity contribution is 5.41. The van der Waals surface area contributed by atoms with Gasteiger partial charge in [-0.25, -0.2) is 4.98 Å². The number of hydrogen-bond donors (Lipinski definition) is 0. The van der Waals surface area contributed by atoms with Crippen LogP contribution >= 0.6 is 0 Å². The van der Waals surface area contributed by atoms with Crippen molar-refractivity contribution in [2.45, 2.75) is 39.8 Å². The third kappa shape index (κ3) is 3.59. The average Bonchev–Trinajstić information content (AvgIpc) is 2.90. The summed E-state index contributed by atoms with van der Waals surface area (Å²) in [4.78, 5) is 11.5. The quantitative estimate of drug-likeness (QED) is 0.724. The highest BCUT2D eigenvalue weighted by Gasteiger charge is 2.14. The van der Waals surface area contributed by atoms with Crippen LogP contribution in [-0.4, -0.2) is 32.4 Å². The summed E-state index contributed by atoms with van der Waals surface area (Å²) in [5.74, 6) is 0. The van der Waals surface area contributed by atoms with Gasteiger partial charge in [0, 0.05) is 43.3 Å². The van der Waals surface area contributed by atoms with Gasteiger partial charge in [0.2, 0.25) is 0 Å². The first-order valence-corrected chi connectivity index (χ1v) is 8.08. The van der Waals surface area contributed by atoms with Crippen LogP contribution in [0.4, 0.5) is 0 Å². The van der Waals surface area contributed by atoms with Gasteiger partial charge >= 0.3 is 0 Å². The van der Waals surface area contributed by atoms with Crippen LogP contribution in [0.1, 0.15) is 29.4 Å². The predicted octanol–water partition coefficient (Wildman–Crippen LogP) is 3.41. The van der Waals surface area contributed by atoms with Gasteiger partial charge in [-0.3, -0.25) is 9.88 Å². The van der Waals surface area contributed by atoms with E-state index >= 15 is 0 Å². The molecule has 0 N–H and O–H groups in total. The molecular weight excluding hydrogens is 284 g/mol. The molecule has 120 valence electrons. The molecule has 0 aliphatic rings. The molecule has 3 aromatic rings. The van der Waals surface area contributed by atoms with E-state index < -0.39 is 0 Å². The molecular formula is C19H24N4. The number of likely N-dealkylation sites (N-methyl/N-ethyl adjacent to an activating group) is 1. The van der Waals surface area contributed by atoms with Crippen LogP contribution in [-0.2, 0) is 13.0 Å². The SMILES string of the molecule is Cc1ccc2nc(CN(C)C(C)Cc3ncccc3C)cn2c1. The zero-order valence-corrected chi connectivity index (χ0v) is 14.3. The molecule has 3 heterocycles. The van der Waals surface area contributed by atoms with Crippen molar-refractivity contribution in [2.24, 2.45) is 0 Å². The lowest BCUT2D eigenvalue weighted by atomic mass is 10.1. The predicted molar refractivity (Wildman–Crippen MR) is 93.5 cm³/mol. The zero-order chi connectivity index (χ0) is 16.4. The molecule has 0 aliphatic heterocycles. The lowest BCUT2D eigenvalue weighted by Crippen LogP contribution is -2.31. The summed E-state index contributed by atoms with van der Waals surface area (Å²) in [5, 5.41) is 0. The second kappa shape index (κ2) is 6.50. The lowest BCUT2D eigenvalue weighted by molar-refractivity contribution is 0.244. The Labute approximate surface area is 137 Å². The first kappa shape index (κ1) is 15.7. The van der Waals surface area contributed by atoms with Crippen molar-refractivity contribution in [2.75, 3.05) is 7.05 Å². The summed E-state index contributed by atoms with van der Waals surface area (Å²) in [6.07, 6.45) is 7.07. The van der Waals surface area contributed by atoms with Crippen LogP contribution in [0.5, 0.6) is 0 Å². The Morgan fingerprint density at radius 3 is 2.78 bits per heavy atom. The lowest BCUT2D eigenvalue weighted by Gasteiger charge is -2.24. The normalized spacial score (nSPS) is 12.9. The van der Waals surface area contributed by atoms with E-state index in [9.17, 15) is 0 Å². The third-order valence-corrected chi connectivity index (χ3v) is 4.42. The summed E-state index contributed by atoms with van der Waals surface area (Å²) in [5.41, 5.74) is 5.79. The molecule has 0 saturated heterocycles. The van der Waals surface area contributed by atoms with Crippen LogP contribution in [0.25, 0.3) is 5.65 Å². The molecule has 0 aliphatic carbocycles. The fourth-order valence-electron chi connectivity index (χ4n) is 2.81. The van der Waals surface area contributed by atoms with Crippen LogP contribution in [0.15, 0.2) is 42.9 Å². The van der Waals surface area contributed by atoms with Crippen molar-refractivity contribution in [1.82, 2.24) is 19.3 Å². The summed E-state index contributed by atoms with van der Waals surface area (Å²) in [6, 6.07) is 8.70. The Balaban J connectivity index is 1.69. The van der Waals surface area contributed by atoms with Gasteiger partial charge in [0.25, 0.3) is 0 Å². The van der Waals surface area contributed by atoms with Gasteiger partial charge in [-0.15, -0.1) is 0 Å². The first-order chi connectivity index (χ1) is 11.0. The molecule has 1 unspecified atom stereocenters. The molecule has 0 amide bonds. The van der Waals surface area contributed by atoms with E-state index in [1.807, 2.05) is 12.3 Å². The zero-order valence-electron chi connectivity index (χ0n) is 14.3. The number of nitrogens with zero attached hydrogens (tertiary/aromatic N) is 4. The van der Waals surface area contributed by atoms with E-state index in [1.54, 1.807) is 0 Å². The minimum absolute atomic E-state index is 0.412. The van der Waals surface area contributed by atoms with Crippen LogP contribution in [0.3, 0.4) is 0 Å². The maximum atomic E-state index is 4.71. The fraction of sp³-hybridized carbons (Fsp3) is 0.368. The van der Waals surface area contributed by atoms with Crippen molar-refractivity contribution in [3.8, 4) is 0 Å². The van der Waals surface area contributed by atoms with Crippen molar-refractivity contribution < 1.29 is 0 Å². The summed E-state index contributed by atoms with van der Waals surface area (Å²) in [7, 11) is 2.15. The molecule has 0 aromatic carbocycles. The van der Waals surface area contributed by atoms with Crippen molar-refractivity contribution in [3.63, 3.8) is 0 Å². The van der Waals surface area contributed by atoms with Crippen molar-refractivity contribution >= 4 is 5.65 Å². The van der Waals surface area contributed by atoms with Gasteiger partial charge in [0.1, 0.15) is 5.65 Å². The second-order valence-corrected chi connectivity index (χ2v) is 6.44. The number of aryl methyl sites for hydroxylation is 2. The molecule has 0 bridgehead atoms. The number of hydrogen-bond acceptors (Lipinski definition) is 3. The highest BCUT2D eigenvalue weighted by atomic mass is 15.1. The summed E-state index contributed by atoms with van der Waals surface area (Å²) >= 11 is 0. The van der Waals surface area contributed by atoms with Crippen molar-refractivity contribution in [1.29, 1.82) is 0 Å². The highest BCUT2D eigenvalue weighted by Crippen LogP contribution is 2.13. The first-order valence-electron chi connectivity index (χ1n) is 8.08. The van der Waals surface area contributed by atoms with Crippen LogP contribution < -0.4 is 0 Å². The van der Waals surface area contributed by atoms with Gasteiger partial charge in [-0.05, 0) is 51.1 Å². The monoisotopic (exact) mass is 308 g/mol. The molecule has 23 heavy (non-hydrogen) atoms. The molecule has 0 spiro atoms. The number of fused-ring (bicyclic) bond motifs is 1. The summed E-state index contributed by atoms with van der Waals surface area (Å²) in [6.45, 7) is 7.31. The maximum absolute atomic E-state index is 4.71. The van der Waals surface area contributed by atoms with Gasteiger partial charge in [-0.2, -0.15) is 0 Å². The Bertz CT molecular complexity index is 806. The number of pyridine rings is 2. The van der Waals surface area contributed by atoms with E-state index in [0.717, 1.165) is 24.3 Å². The fourth-order valence-corrected chi connectivity index (χ4v) is 2.81. The molecule has 4 nitrogen and oxygen atoms in total. The Hall–Kier alpha value is -2.20. The maximum Gasteiger partial charge on any atom is 0.137 e. The van der Waals surface area contributed by atoms with E-state index in [0.29, 0.717) is 6.04 Å². The minimum Gasteiger partial charge on any atom is -0.307 e. The molecule has 3 rings (SSSR count). The van der Waals surface area contributed by atoms with Gasteiger partial charge in [0.05, 0.1) is 5.69 Å². The van der Waals surface area contributed by atoms with E-state index in [-0.39, 0.29) is 0 Å². The van der Waals surface area contributed by atoms with Crippen LogP contribution in [0.2, 0.25) is 0 Å². The Morgan fingerprint density at radius 1 is 1.17 bits per heavy atom. The number of rotatable bonds is 5. The number of imidazole rings is 1. The van der Waals surface area contributed by atoms with Crippen LogP contribution in [0, 0.1) is 13.8 Å². The molecule has 0 saturated carbocycles. The second-order valence-electron chi connectivity index (χ2n) is 6.44. The third-order valence-electron chi connectivity index (χ3n) is 4.42. The van der Waals surface area contributed by atoms with Crippen molar-refractivity contribution in [3.05, 3.63) is 65.4 Å². The topological polar surface area (TPSA) is 33.4 Å². The molecule has 0 fully saturated rings. The van der Waals surface area contributed by atoms with Gasteiger partial charge < -0.3 is 4.40 Å². The van der Waals surface area contributed by atoms with E-state index in [2.05, 4.69) is 72.7 Å². The average molecular weight is 308 g/mol. The standard InChI is InChI=1S/C19H24N4/c1-14-7-8-19-21-17(13-23(19)11-14)12-22(4)16(3)10-18-15(2)6-5-9-20-18/h5-9,11,13,16H,10,12H2,1-4H3. The smallest absolute Gasteiger partial charge is 0.137 e. The minimum atomic E-state index is 0.412. The summed E-state index contributed by atoms with van der Waals surface area (Å²) < 4.78 is 2.10. The Morgan fingerprint density at radius 2 is 2.00 bits per heavy atom. The van der Waals surface area contributed by atoms with E-state index in [4.69, 9.17) is 4.98 Å². The van der Waals surface area contributed by atoms with Gasteiger partial charge in [0.15, 0.2) is 0 Å². The molecule has 0 radical (unpaired) electrons. The Kier molecular flexibility index (Phi) is 4.44. The van der Waals surface area contributed by atoms with E-state index in [1.165, 1.54) is 16.8 Å². The molecule has 3 aromatic heterocycles. The largest absolute Gasteiger partial charge is 0.307 e. The molecule has 4 heteroatoms.